The molecule has 11 aromatic rings. The average molecular weight is 676 g/mol. The van der Waals surface area contributed by atoms with Gasteiger partial charge in [-0.2, -0.15) is 0 Å². The summed E-state index contributed by atoms with van der Waals surface area (Å²) in [5.74, 6) is 1.84. The van der Waals surface area contributed by atoms with Crippen molar-refractivity contribution < 1.29 is 4.42 Å². The minimum Gasteiger partial charge on any atom is -0.456 e. The first-order valence-corrected chi connectivity index (χ1v) is 17.9. The molecule has 2 heterocycles. The number of hydrogen-bond donors (Lipinski definition) is 0. The normalized spacial score (nSPS) is 11.8. The van der Waals surface area contributed by atoms with Crippen LogP contribution in [0, 0.1) is 0 Å². The van der Waals surface area contributed by atoms with E-state index in [4.69, 9.17) is 19.4 Å². The van der Waals surface area contributed by atoms with Gasteiger partial charge in [0.2, 0.25) is 0 Å². The summed E-state index contributed by atoms with van der Waals surface area (Å²) >= 11 is 0. The number of hydrogen-bond acceptors (Lipinski definition) is 4. The lowest BCUT2D eigenvalue weighted by atomic mass is 9.95. The van der Waals surface area contributed by atoms with Gasteiger partial charge >= 0.3 is 0 Å². The Labute approximate surface area is 304 Å². The van der Waals surface area contributed by atoms with E-state index >= 15 is 0 Å². The second-order valence-corrected chi connectivity index (χ2v) is 13.6. The highest BCUT2D eigenvalue weighted by Crippen LogP contribution is 2.40. The van der Waals surface area contributed by atoms with Crippen molar-refractivity contribution in [2.24, 2.45) is 0 Å². The summed E-state index contributed by atoms with van der Waals surface area (Å²) in [6.45, 7) is 0. The topological polar surface area (TPSA) is 51.8 Å². The summed E-state index contributed by atoms with van der Waals surface area (Å²) in [4.78, 5) is 15.4. The second-order valence-electron chi connectivity index (χ2n) is 13.6. The lowest BCUT2D eigenvalue weighted by Crippen LogP contribution is -2.00. The monoisotopic (exact) mass is 675 g/mol. The fourth-order valence-electron chi connectivity index (χ4n) is 7.96. The minimum atomic E-state index is 0.601. The number of nitrogens with zero attached hydrogens (tertiary/aromatic N) is 3. The van der Waals surface area contributed by atoms with E-state index in [0.717, 1.165) is 44.2 Å². The van der Waals surface area contributed by atoms with Crippen LogP contribution in [0.25, 0.3) is 110 Å². The van der Waals surface area contributed by atoms with Crippen LogP contribution >= 0.6 is 0 Å². The number of furan rings is 1. The molecule has 0 amide bonds. The Morgan fingerprint density at radius 1 is 0.302 bits per heavy atom. The third kappa shape index (κ3) is 4.80. The van der Waals surface area contributed by atoms with Crippen molar-refractivity contribution in [1.29, 1.82) is 0 Å². The summed E-state index contributed by atoms with van der Waals surface area (Å²) in [6.07, 6.45) is 0. The standard InChI is InChI=1S/C49H29N3O/c1-2-12-34(13-3-1)47-50-48(36-25-22-32-21-24-33-23-20-31-11-5-7-16-39(31)45(33)42(32)28-36)52-49(51-47)41-18-9-19-43-46(41)40-27-26-35(29-44(40)53-43)38-17-8-14-30-10-4-6-15-37(30)38/h1-29H. The molecule has 0 aliphatic rings. The van der Waals surface area contributed by atoms with Gasteiger partial charge in [0.25, 0.3) is 0 Å². The molecule has 0 saturated heterocycles. The number of aromatic nitrogens is 3. The van der Waals surface area contributed by atoms with Crippen molar-refractivity contribution in [2.75, 3.05) is 0 Å². The largest absolute Gasteiger partial charge is 0.456 e. The first-order valence-electron chi connectivity index (χ1n) is 17.9. The zero-order chi connectivity index (χ0) is 34.9. The SMILES string of the molecule is c1ccc(-c2nc(-c3ccc4ccc5ccc6ccccc6c5c4c3)nc(-c3cccc4oc5cc(-c6cccc7ccccc67)ccc5c34)n2)cc1. The zero-order valence-corrected chi connectivity index (χ0v) is 28.5. The van der Waals surface area contributed by atoms with Crippen LogP contribution in [0.5, 0.6) is 0 Å². The first-order chi connectivity index (χ1) is 26.2. The molecule has 11 rings (SSSR count). The molecule has 4 heteroatoms. The predicted molar refractivity (Wildman–Crippen MR) is 219 cm³/mol. The van der Waals surface area contributed by atoms with E-state index in [0.29, 0.717) is 17.5 Å². The van der Waals surface area contributed by atoms with Crippen LogP contribution in [0.15, 0.2) is 180 Å². The summed E-state index contributed by atoms with van der Waals surface area (Å²) in [7, 11) is 0. The van der Waals surface area contributed by atoms with E-state index in [1.807, 2.05) is 42.5 Å². The molecule has 0 unspecified atom stereocenters. The Morgan fingerprint density at radius 2 is 0.906 bits per heavy atom. The molecule has 0 aliphatic carbocycles. The molecule has 2 aromatic heterocycles. The molecule has 0 spiro atoms. The van der Waals surface area contributed by atoms with Gasteiger partial charge in [-0.15, -0.1) is 0 Å². The Morgan fingerprint density at radius 3 is 1.75 bits per heavy atom. The smallest absolute Gasteiger partial charge is 0.164 e. The summed E-state index contributed by atoms with van der Waals surface area (Å²) in [6, 6.07) is 61.6. The second kappa shape index (κ2) is 11.7. The Kier molecular flexibility index (Phi) is 6.52. The van der Waals surface area contributed by atoms with E-state index in [9.17, 15) is 0 Å². The van der Waals surface area contributed by atoms with Crippen molar-refractivity contribution in [1.82, 2.24) is 15.0 Å². The molecule has 0 aliphatic heterocycles. The van der Waals surface area contributed by atoms with Crippen LogP contribution < -0.4 is 0 Å². The van der Waals surface area contributed by atoms with Gasteiger partial charge in [-0.25, -0.2) is 15.0 Å². The number of fused-ring (bicyclic) bond motifs is 9. The Hall–Kier alpha value is -7.17. The number of rotatable bonds is 4. The fraction of sp³-hybridized carbons (Fsp3) is 0. The van der Waals surface area contributed by atoms with Crippen LogP contribution in [0.3, 0.4) is 0 Å². The Balaban J connectivity index is 1.12. The average Bonchev–Trinajstić information content (AvgIpc) is 3.61. The highest BCUT2D eigenvalue weighted by molar-refractivity contribution is 6.20. The van der Waals surface area contributed by atoms with E-state index < -0.39 is 0 Å². The van der Waals surface area contributed by atoms with Crippen molar-refractivity contribution in [3.63, 3.8) is 0 Å². The van der Waals surface area contributed by atoms with Crippen molar-refractivity contribution >= 4 is 65.0 Å². The van der Waals surface area contributed by atoms with Crippen LogP contribution in [0.2, 0.25) is 0 Å². The molecule has 0 fully saturated rings. The van der Waals surface area contributed by atoms with Gasteiger partial charge in [0, 0.05) is 27.5 Å². The van der Waals surface area contributed by atoms with Crippen molar-refractivity contribution in [3.8, 4) is 45.3 Å². The predicted octanol–water partition coefficient (Wildman–Crippen LogP) is 13.1. The molecule has 53 heavy (non-hydrogen) atoms. The zero-order valence-electron chi connectivity index (χ0n) is 28.5. The summed E-state index contributed by atoms with van der Waals surface area (Å²) < 4.78 is 6.57. The molecule has 9 aromatic carbocycles. The van der Waals surface area contributed by atoms with Crippen LogP contribution in [0.1, 0.15) is 0 Å². The maximum atomic E-state index is 6.57. The molecular formula is C49H29N3O. The number of benzene rings is 9. The van der Waals surface area contributed by atoms with Gasteiger partial charge in [-0.3, -0.25) is 0 Å². The van der Waals surface area contributed by atoms with Crippen LogP contribution in [0.4, 0.5) is 0 Å². The molecule has 4 nitrogen and oxygen atoms in total. The van der Waals surface area contributed by atoms with E-state index in [2.05, 4.69) is 133 Å². The van der Waals surface area contributed by atoms with E-state index in [1.54, 1.807) is 0 Å². The first kappa shape index (κ1) is 29.5. The summed E-state index contributed by atoms with van der Waals surface area (Å²) in [5, 5.41) is 11.7. The third-order valence-corrected chi connectivity index (χ3v) is 10.5. The van der Waals surface area contributed by atoms with Crippen molar-refractivity contribution in [2.45, 2.75) is 0 Å². The minimum absolute atomic E-state index is 0.601. The van der Waals surface area contributed by atoms with Gasteiger partial charge in [0.05, 0.1) is 0 Å². The third-order valence-electron chi connectivity index (χ3n) is 10.5. The van der Waals surface area contributed by atoms with Crippen LogP contribution in [-0.2, 0) is 0 Å². The van der Waals surface area contributed by atoms with Crippen molar-refractivity contribution in [3.05, 3.63) is 176 Å². The highest BCUT2D eigenvalue weighted by Gasteiger charge is 2.19. The van der Waals surface area contributed by atoms with E-state index in [1.165, 1.54) is 48.7 Å². The van der Waals surface area contributed by atoms with Gasteiger partial charge in [0.1, 0.15) is 11.2 Å². The van der Waals surface area contributed by atoms with E-state index in [-0.39, 0.29) is 0 Å². The maximum Gasteiger partial charge on any atom is 0.164 e. The lowest BCUT2D eigenvalue weighted by Gasteiger charge is -2.12. The maximum absolute atomic E-state index is 6.57. The molecule has 0 N–H and O–H groups in total. The quantitative estimate of drug-likeness (QED) is 0.174. The molecular weight excluding hydrogens is 647 g/mol. The Bertz CT molecular complexity index is 3230. The summed E-state index contributed by atoms with van der Waals surface area (Å²) in [5.41, 5.74) is 6.67. The molecule has 246 valence electrons. The molecule has 0 bridgehead atoms. The fourth-order valence-corrected chi connectivity index (χ4v) is 7.96. The molecule has 0 radical (unpaired) electrons. The van der Waals surface area contributed by atoms with Crippen LogP contribution in [-0.4, -0.2) is 15.0 Å². The van der Waals surface area contributed by atoms with Gasteiger partial charge in [-0.1, -0.05) is 152 Å². The van der Waals surface area contributed by atoms with Gasteiger partial charge in [-0.05, 0) is 78.5 Å². The van der Waals surface area contributed by atoms with Gasteiger partial charge in [0.15, 0.2) is 17.5 Å². The van der Waals surface area contributed by atoms with Gasteiger partial charge < -0.3 is 4.42 Å². The molecule has 0 saturated carbocycles. The molecule has 0 atom stereocenters. The lowest BCUT2D eigenvalue weighted by molar-refractivity contribution is 0.669. The highest BCUT2D eigenvalue weighted by atomic mass is 16.3.